The second-order valence-corrected chi connectivity index (χ2v) is 9.90. The van der Waals surface area contributed by atoms with E-state index in [1.54, 1.807) is 12.1 Å². The van der Waals surface area contributed by atoms with Gasteiger partial charge in [0.25, 0.3) is 11.1 Å². The Kier molecular flexibility index (Phi) is 6.37. The van der Waals surface area contributed by atoms with Crippen LogP contribution >= 0.6 is 23.4 Å². The highest BCUT2D eigenvalue weighted by Crippen LogP contribution is 2.35. The highest BCUT2D eigenvalue weighted by atomic mass is 35.5. The molecule has 1 aromatic heterocycles. The Labute approximate surface area is 213 Å². The van der Waals surface area contributed by atoms with Gasteiger partial charge in [0.05, 0.1) is 11.4 Å². The largest absolute Gasteiger partial charge is 0.318 e. The van der Waals surface area contributed by atoms with Crippen LogP contribution in [0.15, 0.2) is 89.8 Å². The summed E-state index contributed by atoms with van der Waals surface area (Å²) in [5.74, 6) is -0.281. The fourth-order valence-corrected chi connectivity index (χ4v) is 5.40. The van der Waals surface area contributed by atoms with E-state index in [9.17, 15) is 9.59 Å². The van der Waals surface area contributed by atoms with Crippen molar-refractivity contribution >= 4 is 40.6 Å². The third-order valence-electron chi connectivity index (χ3n) is 6.09. The van der Waals surface area contributed by atoms with E-state index < -0.39 is 0 Å². The minimum atomic E-state index is -0.281. The van der Waals surface area contributed by atoms with Gasteiger partial charge in [-0.3, -0.25) is 14.5 Å². The quantitative estimate of drug-likeness (QED) is 0.265. The smallest absolute Gasteiger partial charge is 0.293 e. The molecule has 0 atom stereocenters. The second kappa shape index (κ2) is 9.61. The van der Waals surface area contributed by atoms with E-state index in [1.165, 1.54) is 10.5 Å². The average Bonchev–Trinajstić information content (AvgIpc) is 3.28. The van der Waals surface area contributed by atoms with Gasteiger partial charge < -0.3 is 4.57 Å². The van der Waals surface area contributed by atoms with Crippen molar-refractivity contribution in [2.45, 2.75) is 20.4 Å². The van der Waals surface area contributed by atoms with E-state index in [2.05, 4.69) is 41.0 Å². The van der Waals surface area contributed by atoms with Crippen molar-refractivity contribution in [2.24, 2.45) is 0 Å². The molecule has 0 bridgehead atoms. The van der Waals surface area contributed by atoms with Gasteiger partial charge in [-0.05, 0) is 84.3 Å². The van der Waals surface area contributed by atoms with E-state index in [-0.39, 0.29) is 17.7 Å². The lowest BCUT2D eigenvalue weighted by Gasteiger charge is -2.12. The molecule has 1 saturated heterocycles. The van der Waals surface area contributed by atoms with Gasteiger partial charge >= 0.3 is 0 Å². The maximum Gasteiger partial charge on any atom is 0.293 e. The lowest BCUT2D eigenvalue weighted by atomic mass is 10.1. The molecule has 1 fully saturated rings. The molecule has 2 amide bonds. The van der Waals surface area contributed by atoms with Crippen molar-refractivity contribution in [3.63, 3.8) is 0 Å². The average molecular weight is 499 g/mol. The van der Waals surface area contributed by atoms with Gasteiger partial charge in [-0.25, -0.2) is 0 Å². The topological polar surface area (TPSA) is 42.3 Å². The van der Waals surface area contributed by atoms with Crippen molar-refractivity contribution in [3.05, 3.63) is 117 Å². The summed E-state index contributed by atoms with van der Waals surface area (Å²) in [5, 5.41) is 0.306. The summed E-state index contributed by atoms with van der Waals surface area (Å²) >= 11 is 7.03. The molecule has 5 rings (SSSR count). The maximum absolute atomic E-state index is 13.0. The van der Waals surface area contributed by atoms with Gasteiger partial charge in [0.15, 0.2) is 0 Å². The van der Waals surface area contributed by atoms with Crippen molar-refractivity contribution in [3.8, 4) is 16.8 Å². The Balaban J connectivity index is 1.40. The van der Waals surface area contributed by atoms with Gasteiger partial charge in [-0.15, -0.1) is 0 Å². The molecule has 2 heterocycles. The molecule has 0 N–H and O–H groups in total. The monoisotopic (exact) mass is 498 g/mol. The Morgan fingerprint density at radius 1 is 0.857 bits per heavy atom. The zero-order valence-corrected chi connectivity index (χ0v) is 20.9. The molecular formula is C29H23ClN2O2S. The molecule has 4 nitrogen and oxygen atoms in total. The van der Waals surface area contributed by atoms with Crippen LogP contribution in [0.5, 0.6) is 0 Å². The van der Waals surface area contributed by atoms with E-state index in [4.69, 9.17) is 11.6 Å². The Bertz CT molecular complexity index is 1460. The summed E-state index contributed by atoms with van der Waals surface area (Å²) in [7, 11) is 0. The number of benzene rings is 3. The van der Waals surface area contributed by atoms with E-state index in [1.807, 2.05) is 56.3 Å². The van der Waals surface area contributed by atoms with Crippen LogP contribution in [-0.2, 0) is 11.3 Å². The molecule has 6 heteroatoms. The van der Waals surface area contributed by atoms with E-state index in [0.717, 1.165) is 45.5 Å². The number of thioether (sulfide) groups is 1. The summed E-state index contributed by atoms with van der Waals surface area (Å²) in [6.45, 7) is 4.27. The van der Waals surface area contributed by atoms with Gasteiger partial charge in [-0.2, -0.15) is 0 Å². The number of halogens is 1. The number of amides is 2. The molecular weight excluding hydrogens is 476 g/mol. The molecule has 35 heavy (non-hydrogen) atoms. The number of nitrogens with zero attached hydrogens (tertiary/aromatic N) is 2. The Hall–Kier alpha value is -3.54. The zero-order chi connectivity index (χ0) is 24.5. The molecule has 3 aromatic carbocycles. The lowest BCUT2D eigenvalue weighted by Crippen LogP contribution is -2.27. The van der Waals surface area contributed by atoms with Gasteiger partial charge in [-0.1, -0.05) is 66.2 Å². The number of hydrogen-bond acceptors (Lipinski definition) is 3. The number of carbonyl (C=O) groups excluding carboxylic acids is 2. The Morgan fingerprint density at radius 2 is 1.57 bits per heavy atom. The molecule has 174 valence electrons. The van der Waals surface area contributed by atoms with Crippen molar-refractivity contribution < 1.29 is 9.59 Å². The molecule has 0 saturated carbocycles. The maximum atomic E-state index is 13.0. The van der Waals surface area contributed by atoms with Gasteiger partial charge in [0.2, 0.25) is 0 Å². The van der Waals surface area contributed by atoms with Gasteiger partial charge in [0.1, 0.15) is 0 Å². The van der Waals surface area contributed by atoms with Crippen LogP contribution < -0.4 is 0 Å². The number of imide groups is 1. The minimum Gasteiger partial charge on any atom is -0.318 e. The van der Waals surface area contributed by atoms with Crippen LogP contribution in [0.3, 0.4) is 0 Å². The fourth-order valence-electron chi connectivity index (χ4n) is 4.36. The van der Waals surface area contributed by atoms with Crippen LogP contribution in [0.4, 0.5) is 4.79 Å². The van der Waals surface area contributed by atoms with Crippen LogP contribution in [0.2, 0.25) is 5.02 Å². The summed E-state index contributed by atoms with van der Waals surface area (Å²) in [6.07, 6.45) is 1.82. The van der Waals surface area contributed by atoms with E-state index in [0.29, 0.717) is 9.93 Å². The molecule has 1 aliphatic heterocycles. The van der Waals surface area contributed by atoms with Crippen LogP contribution in [0.1, 0.15) is 22.5 Å². The standard InChI is InChI=1S/C29H23ClN2O2S/c1-19-15-24(17-27-28(33)31(29(34)35-27)18-21-7-6-10-25(30)16-21)20(2)32(19)26-13-11-23(12-14-26)22-8-4-3-5-9-22/h3-17H,18H2,1-2H3/b27-17-. The van der Waals surface area contributed by atoms with Crippen LogP contribution in [0.25, 0.3) is 22.9 Å². The highest BCUT2D eigenvalue weighted by molar-refractivity contribution is 8.18. The van der Waals surface area contributed by atoms with Crippen LogP contribution in [0, 0.1) is 13.8 Å². The highest BCUT2D eigenvalue weighted by Gasteiger charge is 2.35. The van der Waals surface area contributed by atoms with Crippen molar-refractivity contribution in [2.75, 3.05) is 0 Å². The van der Waals surface area contributed by atoms with Crippen molar-refractivity contribution in [1.82, 2.24) is 9.47 Å². The predicted octanol–water partition coefficient (Wildman–Crippen LogP) is 7.65. The van der Waals surface area contributed by atoms with Gasteiger partial charge in [0, 0.05) is 22.1 Å². The Morgan fingerprint density at radius 3 is 2.29 bits per heavy atom. The fraction of sp³-hybridized carbons (Fsp3) is 0.103. The molecule has 1 aliphatic rings. The number of aromatic nitrogens is 1. The first-order valence-electron chi connectivity index (χ1n) is 11.3. The third kappa shape index (κ3) is 4.70. The number of rotatable bonds is 5. The number of hydrogen-bond donors (Lipinski definition) is 0. The number of carbonyl (C=O) groups is 2. The first kappa shape index (κ1) is 23.2. The number of aryl methyl sites for hydroxylation is 1. The second-order valence-electron chi connectivity index (χ2n) is 8.47. The summed E-state index contributed by atoms with van der Waals surface area (Å²) in [4.78, 5) is 27.3. The molecule has 0 unspecified atom stereocenters. The predicted molar refractivity (Wildman–Crippen MR) is 144 cm³/mol. The van der Waals surface area contributed by atoms with Crippen LogP contribution in [-0.4, -0.2) is 20.6 Å². The summed E-state index contributed by atoms with van der Waals surface area (Å²) in [5.41, 5.74) is 7.19. The normalized spacial score (nSPS) is 14.8. The SMILES string of the molecule is Cc1cc(/C=C2\SC(=O)N(Cc3cccc(Cl)c3)C2=O)c(C)n1-c1ccc(-c2ccccc2)cc1. The first-order valence-corrected chi connectivity index (χ1v) is 12.4. The van der Waals surface area contributed by atoms with Crippen molar-refractivity contribution in [1.29, 1.82) is 0 Å². The molecule has 0 radical (unpaired) electrons. The summed E-state index contributed by atoms with van der Waals surface area (Å²) < 4.78 is 2.16. The molecule has 4 aromatic rings. The molecule has 0 spiro atoms. The minimum absolute atomic E-state index is 0.204. The summed E-state index contributed by atoms with van der Waals surface area (Å²) in [6, 6.07) is 28.0. The molecule has 0 aliphatic carbocycles. The lowest BCUT2D eigenvalue weighted by molar-refractivity contribution is -0.123. The first-order chi connectivity index (χ1) is 16.9. The van der Waals surface area contributed by atoms with E-state index >= 15 is 0 Å². The third-order valence-corrected chi connectivity index (χ3v) is 7.24. The zero-order valence-electron chi connectivity index (χ0n) is 19.4.